The highest BCUT2D eigenvalue weighted by Crippen LogP contribution is 2.39. The molecule has 1 amide bonds. The molecule has 1 aliphatic heterocycles. The number of nitriles is 1. The third-order valence-electron chi connectivity index (χ3n) is 6.82. The monoisotopic (exact) mass is 565 g/mol. The Balaban J connectivity index is 1.51. The molecule has 41 heavy (non-hydrogen) atoms. The molecule has 12 nitrogen and oxygen atoms in total. The van der Waals surface area contributed by atoms with Crippen LogP contribution in [0.2, 0.25) is 0 Å². The van der Waals surface area contributed by atoms with Crippen molar-refractivity contribution in [2.75, 3.05) is 23.8 Å². The number of nitrogens with zero attached hydrogens (tertiary/aromatic N) is 7. The number of pyridine rings is 2. The quantitative estimate of drug-likeness (QED) is 0.296. The lowest BCUT2D eigenvalue weighted by molar-refractivity contribution is -0.114. The Morgan fingerprint density at radius 3 is 2.68 bits per heavy atom. The van der Waals surface area contributed by atoms with Gasteiger partial charge >= 0.3 is 0 Å². The zero-order valence-corrected chi connectivity index (χ0v) is 23.0. The summed E-state index contributed by atoms with van der Waals surface area (Å²) < 4.78 is 43.5. The van der Waals surface area contributed by atoms with Gasteiger partial charge in [-0.3, -0.25) is 9.48 Å². The third kappa shape index (κ3) is 5.66. The van der Waals surface area contributed by atoms with E-state index < -0.39 is 17.4 Å². The van der Waals surface area contributed by atoms with E-state index in [1.54, 1.807) is 13.1 Å². The molecule has 0 aromatic carbocycles. The van der Waals surface area contributed by atoms with Crippen LogP contribution in [0.15, 0.2) is 30.6 Å². The molecule has 14 heteroatoms. The van der Waals surface area contributed by atoms with E-state index in [4.69, 9.17) is 14.6 Å². The van der Waals surface area contributed by atoms with Gasteiger partial charge < -0.3 is 24.7 Å². The van der Waals surface area contributed by atoms with Crippen molar-refractivity contribution in [2.45, 2.75) is 51.5 Å². The van der Waals surface area contributed by atoms with E-state index >= 15 is 0 Å². The normalized spacial score (nSPS) is 14.3. The number of alkyl halides is 2. The SMILES string of the molecule is CC(=O)Nc1cc(Oc2cnc3nc(Nc4cc(C(C)(C)C#N)n(C5CCOCC5)n4)n(C)c3c2C(F)F)ccn1. The van der Waals surface area contributed by atoms with Gasteiger partial charge in [0.25, 0.3) is 6.43 Å². The number of ether oxygens (including phenoxy) is 2. The van der Waals surface area contributed by atoms with Crippen LogP contribution in [0.5, 0.6) is 11.5 Å². The van der Waals surface area contributed by atoms with Crippen LogP contribution in [-0.2, 0) is 22.0 Å². The summed E-state index contributed by atoms with van der Waals surface area (Å²) in [5.41, 5.74) is -0.312. The molecule has 0 unspecified atom stereocenters. The number of halogens is 2. The molecule has 0 bridgehead atoms. The molecule has 0 saturated carbocycles. The van der Waals surface area contributed by atoms with E-state index in [2.05, 4.69) is 31.7 Å². The fraction of sp³-hybridized carbons (Fsp3) is 0.407. The van der Waals surface area contributed by atoms with E-state index in [1.807, 2.05) is 18.5 Å². The Morgan fingerprint density at radius 2 is 2.00 bits per heavy atom. The van der Waals surface area contributed by atoms with Gasteiger partial charge in [-0.2, -0.15) is 15.3 Å². The molecule has 1 fully saturated rings. The van der Waals surface area contributed by atoms with Crippen molar-refractivity contribution >= 4 is 34.7 Å². The minimum absolute atomic E-state index is 0.0635. The van der Waals surface area contributed by atoms with Gasteiger partial charge in [0, 0.05) is 45.5 Å². The Bertz CT molecular complexity index is 1630. The summed E-state index contributed by atoms with van der Waals surface area (Å²) in [5, 5.41) is 20.2. The Kier molecular flexibility index (Phi) is 7.55. The molecule has 0 radical (unpaired) electrons. The number of fused-ring (bicyclic) bond motifs is 1. The van der Waals surface area contributed by atoms with Crippen molar-refractivity contribution in [1.82, 2.24) is 29.3 Å². The van der Waals surface area contributed by atoms with Crippen LogP contribution in [0.1, 0.15) is 57.3 Å². The minimum Gasteiger partial charge on any atom is -0.455 e. The highest BCUT2D eigenvalue weighted by molar-refractivity contribution is 5.87. The van der Waals surface area contributed by atoms with E-state index in [-0.39, 0.29) is 46.4 Å². The minimum atomic E-state index is -2.91. The zero-order chi connectivity index (χ0) is 29.3. The van der Waals surface area contributed by atoms with Crippen molar-refractivity contribution in [3.05, 3.63) is 41.9 Å². The number of hydrogen-bond acceptors (Lipinski definition) is 9. The Labute approximate surface area is 234 Å². The summed E-state index contributed by atoms with van der Waals surface area (Å²) in [6.07, 6.45) is 1.19. The molecule has 2 N–H and O–H groups in total. The molecule has 0 spiro atoms. The summed E-state index contributed by atoms with van der Waals surface area (Å²) in [4.78, 5) is 24.1. The molecule has 214 valence electrons. The molecule has 5 heterocycles. The van der Waals surface area contributed by atoms with Gasteiger partial charge in [0.15, 0.2) is 17.2 Å². The number of aromatic nitrogens is 6. The number of rotatable bonds is 8. The van der Waals surface area contributed by atoms with Gasteiger partial charge in [-0.25, -0.2) is 18.7 Å². The molecular weight excluding hydrogens is 536 g/mol. The second kappa shape index (κ2) is 11.1. The van der Waals surface area contributed by atoms with Gasteiger partial charge in [-0.15, -0.1) is 0 Å². The van der Waals surface area contributed by atoms with Crippen LogP contribution in [0.3, 0.4) is 0 Å². The summed E-state index contributed by atoms with van der Waals surface area (Å²) >= 11 is 0. The highest BCUT2D eigenvalue weighted by atomic mass is 19.3. The fourth-order valence-electron chi connectivity index (χ4n) is 4.74. The zero-order valence-electron chi connectivity index (χ0n) is 23.0. The number of imidazole rings is 1. The molecule has 5 rings (SSSR count). The molecule has 4 aromatic heterocycles. The van der Waals surface area contributed by atoms with Crippen molar-refractivity contribution in [3.63, 3.8) is 0 Å². The van der Waals surface area contributed by atoms with Crippen LogP contribution in [0.4, 0.5) is 26.4 Å². The first-order valence-corrected chi connectivity index (χ1v) is 13.0. The van der Waals surface area contributed by atoms with Gasteiger partial charge in [-0.1, -0.05) is 0 Å². The molecule has 0 aliphatic carbocycles. The Hall–Kier alpha value is -4.64. The molecule has 1 aliphatic rings. The third-order valence-corrected chi connectivity index (χ3v) is 6.82. The first kappa shape index (κ1) is 27.9. The summed E-state index contributed by atoms with van der Waals surface area (Å²) in [6, 6.07) is 7.08. The first-order chi connectivity index (χ1) is 19.6. The molecular formula is C27H29F2N9O3. The highest BCUT2D eigenvalue weighted by Gasteiger charge is 2.31. The number of anilines is 3. The largest absolute Gasteiger partial charge is 0.455 e. The lowest BCUT2D eigenvalue weighted by Crippen LogP contribution is -2.27. The van der Waals surface area contributed by atoms with Crippen LogP contribution >= 0.6 is 0 Å². The van der Waals surface area contributed by atoms with Crippen molar-refractivity contribution in [1.29, 1.82) is 5.26 Å². The van der Waals surface area contributed by atoms with Crippen molar-refractivity contribution in [2.24, 2.45) is 7.05 Å². The standard InChI is InChI=1S/C27H29F2N9O3/c1-15(39)33-20-11-17(5-8-31-20)41-18-13-32-25-23(22(18)24(28)29)37(4)26(35-25)34-21-12-19(27(2,3)14-30)38(36-21)16-6-9-40-10-7-16/h5,8,11-13,16,24H,6-7,9-10H2,1-4H3,(H,31,33,39)(H,32,34,35,36). The maximum atomic E-state index is 14.5. The van der Waals surface area contributed by atoms with E-state index in [0.717, 1.165) is 18.5 Å². The average molecular weight is 566 g/mol. The smallest absolute Gasteiger partial charge is 0.269 e. The van der Waals surface area contributed by atoms with Crippen molar-refractivity contribution in [3.8, 4) is 17.6 Å². The van der Waals surface area contributed by atoms with Crippen LogP contribution < -0.4 is 15.4 Å². The fourth-order valence-corrected chi connectivity index (χ4v) is 4.74. The maximum Gasteiger partial charge on any atom is 0.269 e. The van der Waals surface area contributed by atoms with E-state index in [0.29, 0.717) is 19.0 Å². The molecule has 1 saturated heterocycles. The van der Waals surface area contributed by atoms with Gasteiger partial charge in [-0.05, 0) is 32.8 Å². The van der Waals surface area contributed by atoms with Crippen LogP contribution in [0.25, 0.3) is 11.2 Å². The van der Waals surface area contributed by atoms with Gasteiger partial charge in [0.1, 0.15) is 17.1 Å². The number of carbonyl (C=O) groups excluding carboxylic acids is 1. The number of nitrogens with one attached hydrogen (secondary N) is 2. The first-order valence-electron chi connectivity index (χ1n) is 13.0. The second-order valence-electron chi connectivity index (χ2n) is 10.2. The maximum absolute atomic E-state index is 14.5. The lowest BCUT2D eigenvalue weighted by Gasteiger charge is -2.27. The topological polar surface area (TPSA) is 145 Å². The molecule has 4 aromatic rings. The summed E-state index contributed by atoms with van der Waals surface area (Å²) in [5.74, 6) is 0.574. The average Bonchev–Trinajstić information content (AvgIpc) is 3.51. The van der Waals surface area contributed by atoms with Gasteiger partial charge in [0.2, 0.25) is 11.9 Å². The van der Waals surface area contributed by atoms with Crippen LogP contribution in [-0.4, -0.2) is 48.4 Å². The number of carbonyl (C=O) groups is 1. The predicted octanol–water partition coefficient (Wildman–Crippen LogP) is 5.14. The summed E-state index contributed by atoms with van der Waals surface area (Å²) in [6.45, 7) is 6.18. The van der Waals surface area contributed by atoms with E-state index in [9.17, 15) is 18.8 Å². The second-order valence-corrected chi connectivity index (χ2v) is 10.2. The number of hydrogen-bond donors (Lipinski definition) is 2. The Morgan fingerprint density at radius 1 is 1.24 bits per heavy atom. The predicted molar refractivity (Wildman–Crippen MR) is 145 cm³/mol. The number of amides is 1. The van der Waals surface area contributed by atoms with Crippen molar-refractivity contribution < 1.29 is 23.0 Å². The molecule has 0 atom stereocenters. The van der Waals surface area contributed by atoms with Crippen LogP contribution in [0, 0.1) is 11.3 Å². The summed E-state index contributed by atoms with van der Waals surface area (Å²) in [7, 11) is 1.59. The number of aryl methyl sites for hydroxylation is 1. The lowest BCUT2D eigenvalue weighted by atomic mass is 9.90. The van der Waals surface area contributed by atoms with E-state index in [1.165, 1.54) is 36.0 Å². The van der Waals surface area contributed by atoms with Gasteiger partial charge in [0.05, 0.1) is 35.0 Å².